The molecule has 0 saturated carbocycles. The molecule has 6 rings (SSSR count). The van der Waals surface area contributed by atoms with Crippen LogP contribution >= 0.6 is 15.9 Å². The zero-order valence-corrected chi connectivity index (χ0v) is 27.5. The van der Waals surface area contributed by atoms with Gasteiger partial charge in [0.05, 0.1) is 0 Å². The van der Waals surface area contributed by atoms with Gasteiger partial charge < -0.3 is 35.8 Å². The van der Waals surface area contributed by atoms with E-state index in [1.54, 1.807) is 11.0 Å². The number of nitrogen functional groups attached to an aromatic ring is 1. The van der Waals surface area contributed by atoms with E-state index >= 15 is 0 Å². The van der Waals surface area contributed by atoms with Gasteiger partial charge in [-0.05, 0) is 115 Å². The van der Waals surface area contributed by atoms with Crippen molar-refractivity contribution in [1.29, 1.82) is 0 Å². The van der Waals surface area contributed by atoms with Crippen LogP contribution in [0.5, 0.6) is 0 Å². The highest BCUT2D eigenvalue weighted by molar-refractivity contribution is 9.10. The number of nitrogens with two attached hydrogens (primary N) is 1. The van der Waals surface area contributed by atoms with Gasteiger partial charge in [-0.1, -0.05) is 24.3 Å². The van der Waals surface area contributed by atoms with Crippen molar-refractivity contribution in [2.24, 2.45) is 11.8 Å². The Kier molecular flexibility index (Phi) is 10.1. The lowest BCUT2D eigenvalue weighted by Gasteiger charge is -2.39. The SMILES string of the molecule is Nc1ccc(C[C@@H](OC(=O)N2CCC(N3CCc4ccccc4NC3=O)CC2)C(=O)N2CCC(C3CCNCC3)CC2)cc1Br.[HH]. The molecule has 11 heteroatoms. The van der Waals surface area contributed by atoms with Crippen LogP contribution in [0.1, 0.15) is 51.1 Å². The summed E-state index contributed by atoms with van der Waals surface area (Å²) in [5.74, 6) is 1.24. The molecule has 2 aromatic rings. The average Bonchev–Trinajstić information content (AvgIpc) is 3.24. The Morgan fingerprint density at radius 1 is 0.933 bits per heavy atom. The van der Waals surface area contributed by atoms with E-state index < -0.39 is 12.2 Å². The lowest BCUT2D eigenvalue weighted by atomic mass is 9.79. The third-order valence-electron chi connectivity index (χ3n) is 10.2. The van der Waals surface area contributed by atoms with Crippen molar-refractivity contribution >= 4 is 45.3 Å². The number of fused-ring (bicyclic) bond motifs is 1. The number of carbonyl (C=O) groups is 3. The Bertz CT molecular complexity index is 1380. The first kappa shape index (κ1) is 31.7. The summed E-state index contributed by atoms with van der Waals surface area (Å²) in [5.41, 5.74) is 9.49. The number of amides is 4. The monoisotopic (exact) mass is 682 g/mol. The Labute approximate surface area is 275 Å². The van der Waals surface area contributed by atoms with Gasteiger partial charge in [0, 0.05) is 62.5 Å². The lowest BCUT2D eigenvalue weighted by molar-refractivity contribution is -0.142. The number of piperidine rings is 3. The predicted molar refractivity (Wildman–Crippen MR) is 180 cm³/mol. The minimum atomic E-state index is -0.920. The van der Waals surface area contributed by atoms with E-state index in [1.165, 1.54) is 12.8 Å². The number of para-hydroxylation sites is 1. The molecule has 0 radical (unpaired) electrons. The summed E-state index contributed by atoms with van der Waals surface area (Å²) < 4.78 is 6.79. The zero-order valence-electron chi connectivity index (χ0n) is 25.9. The highest BCUT2D eigenvalue weighted by atomic mass is 79.9. The molecule has 0 spiro atoms. The van der Waals surface area contributed by atoms with Crippen LogP contribution < -0.4 is 16.4 Å². The van der Waals surface area contributed by atoms with E-state index in [0.717, 1.165) is 59.6 Å². The van der Waals surface area contributed by atoms with Gasteiger partial charge in [-0.15, -0.1) is 0 Å². The van der Waals surface area contributed by atoms with E-state index in [4.69, 9.17) is 10.5 Å². The largest absolute Gasteiger partial charge is 0.436 e. The molecule has 4 amide bonds. The molecule has 4 aliphatic rings. The number of urea groups is 1. The fourth-order valence-electron chi connectivity index (χ4n) is 7.50. The van der Waals surface area contributed by atoms with Crippen molar-refractivity contribution in [3.63, 3.8) is 0 Å². The summed E-state index contributed by atoms with van der Waals surface area (Å²) in [6.07, 6.45) is 5.39. The van der Waals surface area contributed by atoms with E-state index in [2.05, 4.69) is 32.6 Å². The molecule has 0 aliphatic carbocycles. The summed E-state index contributed by atoms with van der Waals surface area (Å²) in [6.45, 7) is 5.12. The topological polar surface area (TPSA) is 120 Å². The minimum absolute atomic E-state index is 0. The molecular weight excluding hydrogens is 636 g/mol. The maximum atomic E-state index is 13.9. The molecule has 45 heavy (non-hydrogen) atoms. The normalized spacial score (nSPS) is 21.1. The van der Waals surface area contributed by atoms with E-state index in [-0.39, 0.29) is 25.8 Å². The Morgan fingerprint density at radius 2 is 1.62 bits per heavy atom. The van der Waals surface area contributed by atoms with Crippen LogP contribution in [0.25, 0.3) is 0 Å². The molecule has 4 N–H and O–H groups in total. The van der Waals surface area contributed by atoms with Crippen LogP contribution in [0.4, 0.5) is 21.0 Å². The number of hydrogen-bond donors (Lipinski definition) is 3. The second-order valence-electron chi connectivity index (χ2n) is 12.9. The van der Waals surface area contributed by atoms with Crippen LogP contribution in [0.2, 0.25) is 0 Å². The fraction of sp³-hybridized carbons (Fsp3) is 0.559. The smallest absolute Gasteiger partial charge is 0.410 e. The Balaban J connectivity index is 0.00000417. The maximum absolute atomic E-state index is 13.9. The van der Waals surface area contributed by atoms with E-state index in [1.807, 2.05) is 40.1 Å². The number of rotatable bonds is 6. The molecule has 3 saturated heterocycles. The quantitative estimate of drug-likeness (QED) is 0.364. The number of nitrogens with zero attached hydrogens (tertiary/aromatic N) is 3. The molecule has 0 aromatic heterocycles. The van der Waals surface area contributed by atoms with Crippen LogP contribution in [0.3, 0.4) is 0 Å². The molecule has 4 aliphatic heterocycles. The van der Waals surface area contributed by atoms with Crippen molar-refractivity contribution in [2.45, 2.75) is 63.5 Å². The highest BCUT2D eigenvalue weighted by Gasteiger charge is 2.36. The molecule has 0 bridgehead atoms. The third-order valence-corrected chi connectivity index (χ3v) is 10.9. The second-order valence-corrected chi connectivity index (χ2v) is 13.8. The van der Waals surface area contributed by atoms with Gasteiger partial charge in [-0.3, -0.25) is 4.79 Å². The maximum Gasteiger partial charge on any atom is 0.410 e. The van der Waals surface area contributed by atoms with Gasteiger partial charge in [0.15, 0.2) is 6.10 Å². The minimum Gasteiger partial charge on any atom is -0.436 e. The van der Waals surface area contributed by atoms with E-state index in [0.29, 0.717) is 57.2 Å². The van der Waals surface area contributed by atoms with Gasteiger partial charge in [0.25, 0.3) is 5.91 Å². The van der Waals surface area contributed by atoms with Crippen LogP contribution in [-0.4, -0.2) is 90.7 Å². The van der Waals surface area contributed by atoms with E-state index in [9.17, 15) is 14.4 Å². The zero-order chi connectivity index (χ0) is 31.3. The van der Waals surface area contributed by atoms with Crippen molar-refractivity contribution in [3.05, 3.63) is 58.1 Å². The molecule has 3 fully saturated rings. The summed E-state index contributed by atoms with van der Waals surface area (Å²) in [6, 6.07) is 13.4. The molecule has 0 unspecified atom stereocenters. The van der Waals surface area contributed by atoms with Gasteiger partial charge in [-0.25, -0.2) is 9.59 Å². The second kappa shape index (κ2) is 14.4. The first-order valence-corrected chi connectivity index (χ1v) is 17.3. The number of halogens is 1. The molecule has 4 heterocycles. The molecular formula is C34H47BrN6O4. The first-order valence-electron chi connectivity index (χ1n) is 16.5. The Morgan fingerprint density at radius 3 is 2.36 bits per heavy atom. The number of benzene rings is 2. The molecule has 2 aromatic carbocycles. The van der Waals surface area contributed by atoms with Crippen molar-refractivity contribution in [1.82, 2.24) is 20.0 Å². The van der Waals surface area contributed by atoms with Crippen molar-refractivity contribution in [3.8, 4) is 0 Å². The number of likely N-dealkylation sites (tertiary alicyclic amines) is 2. The summed E-state index contributed by atoms with van der Waals surface area (Å²) >= 11 is 3.49. The molecule has 1 atom stereocenters. The summed E-state index contributed by atoms with van der Waals surface area (Å²) in [7, 11) is 0. The summed E-state index contributed by atoms with van der Waals surface area (Å²) in [4.78, 5) is 46.0. The number of anilines is 2. The first-order chi connectivity index (χ1) is 21.9. The van der Waals surface area contributed by atoms with Crippen LogP contribution in [0.15, 0.2) is 46.9 Å². The number of hydrogen-bond acceptors (Lipinski definition) is 6. The lowest BCUT2D eigenvalue weighted by Crippen LogP contribution is -2.52. The molecule has 10 nitrogen and oxygen atoms in total. The molecule has 244 valence electrons. The number of ether oxygens (including phenoxy) is 1. The number of nitrogens with one attached hydrogen (secondary N) is 2. The standard InChI is InChI=1S/C34H45BrN6O4.H2/c35-28-21-23(5-6-29(28)36)22-31(32(42)39-16-9-25(10-17-39)24-7-14-37-15-8-24)45-34(44)40-18-12-27(13-19-40)41-20-11-26-3-1-2-4-30(26)38-33(41)43;/h1-6,21,24-25,27,31,37H,7-20,22,36H2,(H,38,43);1H/t31-;/m1./s1. The van der Waals surface area contributed by atoms with Crippen LogP contribution in [0, 0.1) is 11.8 Å². The van der Waals surface area contributed by atoms with Crippen LogP contribution in [-0.2, 0) is 22.4 Å². The average molecular weight is 684 g/mol. The summed E-state index contributed by atoms with van der Waals surface area (Å²) in [5, 5.41) is 6.50. The predicted octanol–water partition coefficient (Wildman–Crippen LogP) is 5.12. The van der Waals surface area contributed by atoms with Crippen molar-refractivity contribution < 1.29 is 20.5 Å². The van der Waals surface area contributed by atoms with Gasteiger partial charge in [0.2, 0.25) is 0 Å². The Hall–Kier alpha value is -3.31. The van der Waals surface area contributed by atoms with Crippen molar-refractivity contribution in [2.75, 3.05) is 56.9 Å². The van der Waals surface area contributed by atoms with Gasteiger partial charge >= 0.3 is 12.1 Å². The number of carbonyl (C=O) groups excluding carboxylic acids is 3. The van der Waals surface area contributed by atoms with Gasteiger partial charge in [-0.2, -0.15) is 0 Å². The fourth-order valence-corrected chi connectivity index (χ4v) is 7.92. The van der Waals surface area contributed by atoms with Gasteiger partial charge in [0.1, 0.15) is 0 Å². The third kappa shape index (κ3) is 7.57. The highest BCUT2D eigenvalue weighted by Crippen LogP contribution is 2.32.